The van der Waals surface area contributed by atoms with E-state index >= 15 is 0 Å². The molecule has 1 aliphatic heterocycles. The number of hydrogen-bond donors (Lipinski definition) is 2. The van der Waals surface area contributed by atoms with E-state index in [1.54, 1.807) is 0 Å². The van der Waals surface area contributed by atoms with Gasteiger partial charge in [0, 0.05) is 10.9 Å². The smallest absolute Gasteiger partial charge is 0.0502 e. The fraction of sp³-hybridized carbons (Fsp3) is 0.538. The maximum absolute atomic E-state index is 9.55. The molecule has 1 saturated heterocycles. The van der Waals surface area contributed by atoms with Crippen LogP contribution in [-0.2, 0) is 0 Å². The lowest BCUT2D eigenvalue weighted by Gasteiger charge is -2.29. The number of aliphatic hydroxyl groups is 1. The van der Waals surface area contributed by atoms with Gasteiger partial charge in [-0.2, -0.15) is 0 Å². The summed E-state index contributed by atoms with van der Waals surface area (Å²) in [5.74, 6) is 0.854. The number of halogens is 2. The van der Waals surface area contributed by atoms with Crippen molar-refractivity contribution >= 4 is 24.0 Å². The average Bonchev–Trinajstić information content (AvgIpc) is 2.34. The molecular weight excluding hydrogens is 257 g/mol. The molecule has 1 aromatic rings. The summed E-state index contributed by atoms with van der Waals surface area (Å²) in [6, 6.07) is 7.87. The van der Waals surface area contributed by atoms with Crippen molar-refractivity contribution in [1.82, 2.24) is 5.32 Å². The maximum Gasteiger partial charge on any atom is 0.0502 e. The summed E-state index contributed by atoms with van der Waals surface area (Å²) in [6.45, 7) is 2.36. The lowest BCUT2D eigenvalue weighted by atomic mass is 9.81. The van der Waals surface area contributed by atoms with Gasteiger partial charge in [0.05, 0.1) is 6.61 Å². The Balaban J connectivity index is 0.00000144. The molecule has 0 amide bonds. The highest BCUT2D eigenvalue weighted by atomic mass is 35.5. The van der Waals surface area contributed by atoms with E-state index in [0.29, 0.717) is 5.92 Å². The summed E-state index contributed by atoms with van der Waals surface area (Å²) in [4.78, 5) is 0. The predicted octanol–water partition coefficient (Wildman–Crippen LogP) is 2.84. The van der Waals surface area contributed by atoms with Crippen LogP contribution < -0.4 is 5.32 Å². The molecule has 1 fully saturated rings. The first-order valence-electron chi connectivity index (χ1n) is 5.88. The molecule has 0 aromatic heterocycles. The molecule has 1 aromatic carbocycles. The Morgan fingerprint density at radius 3 is 2.35 bits per heavy atom. The Hall–Kier alpha value is -0.280. The second-order valence-corrected chi connectivity index (χ2v) is 4.86. The van der Waals surface area contributed by atoms with Crippen molar-refractivity contribution in [3.63, 3.8) is 0 Å². The van der Waals surface area contributed by atoms with Crippen LogP contribution in [0.2, 0.25) is 5.02 Å². The fourth-order valence-corrected chi connectivity index (χ4v) is 2.61. The minimum absolute atomic E-state index is 0. The van der Waals surface area contributed by atoms with Crippen LogP contribution in [0.4, 0.5) is 0 Å². The first kappa shape index (κ1) is 14.8. The third-order valence-corrected chi connectivity index (χ3v) is 3.70. The second kappa shape index (κ2) is 7.22. The highest BCUT2D eigenvalue weighted by molar-refractivity contribution is 6.30. The van der Waals surface area contributed by atoms with Gasteiger partial charge in [-0.15, -0.1) is 12.4 Å². The highest BCUT2D eigenvalue weighted by Gasteiger charge is 2.24. The van der Waals surface area contributed by atoms with Crippen molar-refractivity contribution in [2.45, 2.75) is 18.8 Å². The zero-order valence-electron chi connectivity index (χ0n) is 9.73. The van der Waals surface area contributed by atoms with E-state index in [2.05, 4.69) is 5.32 Å². The van der Waals surface area contributed by atoms with E-state index in [4.69, 9.17) is 11.6 Å². The van der Waals surface area contributed by atoms with E-state index in [9.17, 15) is 5.11 Å². The van der Waals surface area contributed by atoms with Crippen LogP contribution in [0.1, 0.15) is 24.3 Å². The summed E-state index contributed by atoms with van der Waals surface area (Å²) in [5, 5.41) is 13.7. The summed E-state index contributed by atoms with van der Waals surface area (Å²) in [6.07, 6.45) is 2.29. The Morgan fingerprint density at radius 1 is 1.24 bits per heavy atom. The molecule has 0 aliphatic carbocycles. The second-order valence-electron chi connectivity index (χ2n) is 4.43. The molecule has 2 rings (SSSR count). The van der Waals surface area contributed by atoms with Crippen LogP contribution in [-0.4, -0.2) is 24.8 Å². The van der Waals surface area contributed by atoms with E-state index < -0.39 is 0 Å². The van der Waals surface area contributed by atoms with Crippen LogP contribution in [0.15, 0.2) is 24.3 Å². The minimum Gasteiger partial charge on any atom is -0.396 e. The normalized spacial score (nSPS) is 18.5. The van der Waals surface area contributed by atoms with Crippen molar-refractivity contribution < 1.29 is 5.11 Å². The van der Waals surface area contributed by atoms with Gasteiger partial charge in [0.15, 0.2) is 0 Å². The van der Waals surface area contributed by atoms with Gasteiger partial charge in [0.25, 0.3) is 0 Å². The van der Waals surface area contributed by atoms with Crippen LogP contribution in [0.3, 0.4) is 0 Å². The van der Waals surface area contributed by atoms with Gasteiger partial charge in [-0.05, 0) is 49.5 Å². The quantitative estimate of drug-likeness (QED) is 0.889. The van der Waals surface area contributed by atoms with Gasteiger partial charge in [-0.3, -0.25) is 0 Å². The first-order chi connectivity index (χ1) is 7.81. The standard InChI is InChI=1S/C13H18ClNO.ClH/c14-12-3-1-10(2-4-12)13(9-16)11-5-7-15-8-6-11;/h1-4,11,13,15-16H,5-9H2;1H. The molecule has 0 spiro atoms. The number of piperidine rings is 1. The van der Waals surface area contributed by atoms with Gasteiger partial charge < -0.3 is 10.4 Å². The number of benzene rings is 1. The first-order valence-corrected chi connectivity index (χ1v) is 6.26. The average molecular weight is 276 g/mol. The molecule has 0 saturated carbocycles. The van der Waals surface area contributed by atoms with Gasteiger partial charge in [-0.1, -0.05) is 23.7 Å². The predicted molar refractivity (Wildman–Crippen MR) is 74.1 cm³/mol. The molecular formula is C13H19Cl2NO. The van der Waals surface area contributed by atoms with E-state index in [0.717, 1.165) is 31.0 Å². The lowest BCUT2D eigenvalue weighted by Crippen LogP contribution is -2.32. The molecule has 1 aliphatic rings. The summed E-state index contributed by atoms with van der Waals surface area (Å²) < 4.78 is 0. The summed E-state index contributed by atoms with van der Waals surface area (Å²) in [5.41, 5.74) is 1.21. The Morgan fingerprint density at radius 2 is 1.82 bits per heavy atom. The molecule has 1 unspecified atom stereocenters. The molecule has 17 heavy (non-hydrogen) atoms. The zero-order chi connectivity index (χ0) is 11.4. The van der Waals surface area contributed by atoms with Crippen molar-refractivity contribution in [2.24, 2.45) is 5.92 Å². The molecule has 1 heterocycles. The van der Waals surface area contributed by atoms with Crippen LogP contribution in [0.5, 0.6) is 0 Å². The number of hydrogen-bond acceptors (Lipinski definition) is 2. The topological polar surface area (TPSA) is 32.3 Å². The summed E-state index contributed by atoms with van der Waals surface area (Å²) >= 11 is 5.87. The van der Waals surface area contributed by atoms with Crippen LogP contribution in [0, 0.1) is 5.92 Å². The molecule has 0 bridgehead atoms. The van der Waals surface area contributed by atoms with Crippen molar-refractivity contribution in [2.75, 3.05) is 19.7 Å². The lowest BCUT2D eigenvalue weighted by molar-refractivity contribution is 0.201. The molecule has 4 heteroatoms. The van der Waals surface area contributed by atoms with Crippen LogP contribution in [0.25, 0.3) is 0 Å². The molecule has 2 N–H and O–H groups in total. The minimum atomic E-state index is 0. The SMILES string of the molecule is Cl.OCC(c1ccc(Cl)cc1)C1CCNCC1. The monoisotopic (exact) mass is 275 g/mol. The fourth-order valence-electron chi connectivity index (χ4n) is 2.48. The van der Waals surface area contributed by atoms with Crippen molar-refractivity contribution in [3.05, 3.63) is 34.9 Å². The van der Waals surface area contributed by atoms with Gasteiger partial charge in [0.1, 0.15) is 0 Å². The third kappa shape index (κ3) is 3.85. The van der Waals surface area contributed by atoms with Gasteiger partial charge in [0.2, 0.25) is 0 Å². The van der Waals surface area contributed by atoms with E-state index in [-0.39, 0.29) is 24.9 Å². The van der Waals surface area contributed by atoms with Gasteiger partial charge in [-0.25, -0.2) is 0 Å². The molecule has 0 radical (unpaired) electrons. The Kier molecular flexibility index (Phi) is 6.28. The number of aliphatic hydroxyl groups excluding tert-OH is 1. The largest absolute Gasteiger partial charge is 0.396 e. The van der Waals surface area contributed by atoms with Crippen molar-refractivity contribution in [3.8, 4) is 0 Å². The summed E-state index contributed by atoms with van der Waals surface area (Å²) in [7, 11) is 0. The van der Waals surface area contributed by atoms with E-state index in [1.807, 2.05) is 24.3 Å². The van der Waals surface area contributed by atoms with Crippen molar-refractivity contribution in [1.29, 1.82) is 0 Å². The van der Waals surface area contributed by atoms with Gasteiger partial charge >= 0.3 is 0 Å². The Labute approximate surface area is 114 Å². The van der Waals surface area contributed by atoms with Crippen LogP contribution >= 0.6 is 24.0 Å². The maximum atomic E-state index is 9.55. The molecule has 1 atom stereocenters. The van der Waals surface area contributed by atoms with E-state index in [1.165, 1.54) is 5.56 Å². The number of nitrogens with one attached hydrogen (secondary N) is 1. The molecule has 96 valence electrons. The third-order valence-electron chi connectivity index (χ3n) is 3.45. The Bertz CT molecular complexity index is 323. The molecule has 2 nitrogen and oxygen atoms in total. The highest BCUT2D eigenvalue weighted by Crippen LogP contribution is 2.31. The number of rotatable bonds is 3. The zero-order valence-corrected chi connectivity index (χ0v) is 11.3.